The summed E-state index contributed by atoms with van der Waals surface area (Å²) in [6.45, 7) is 7.30. The number of rotatable bonds is 6. The Morgan fingerprint density at radius 3 is 2.53 bits per heavy atom. The van der Waals surface area contributed by atoms with E-state index in [0.717, 1.165) is 16.2 Å². The van der Waals surface area contributed by atoms with Gasteiger partial charge in [-0.25, -0.2) is 14.5 Å². The van der Waals surface area contributed by atoms with Crippen LogP contribution in [0.5, 0.6) is 0 Å². The summed E-state index contributed by atoms with van der Waals surface area (Å²) in [6.07, 6.45) is 3.07. The molecule has 1 fully saturated rings. The highest BCUT2D eigenvalue weighted by atomic mass is 16.5. The van der Waals surface area contributed by atoms with Crippen molar-refractivity contribution in [1.29, 1.82) is 0 Å². The quantitative estimate of drug-likeness (QED) is 0.588. The molecule has 1 aliphatic heterocycles. The second-order valence-electron chi connectivity index (χ2n) is 8.23. The highest BCUT2D eigenvalue weighted by molar-refractivity contribution is 6.22. The largest absolute Gasteiger partial charge is 0.478 e. The second-order valence-corrected chi connectivity index (χ2v) is 8.23. The van der Waals surface area contributed by atoms with E-state index in [-0.39, 0.29) is 12.1 Å². The number of urea groups is 1. The number of anilines is 1. The van der Waals surface area contributed by atoms with Crippen molar-refractivity contribution in [2.24, 2.45) is 0 Å². The molecule has 0 atom stereocenters. The van der Waals surface area contributed by atoms with Gasteiger partial charge in [-0.1, -0.05) is 23.4 Å². The van der Waals surface area contributed by atoms with Gasteiger partial charge in [0.1, 0.15) is 11.3 Å². The van der Waals surface area contributed by atoms with Gasteiger partial charge in [-0.2, -0.15) is 5.10 Å². The first-order valence-corrected chi connectivity index (χ1v) is 10.0. The van der Waals surface area contributed by atoms with E-state index in [9.17, 15) is 19.5 Å². The van der Waals surface area contributed by atoms with Crippen LogP contribution in [0.15, 0.2) is 41.2 Å². The molecule has 10 heteroatoms. The van der Waals surface area contributed by atoms with E-state index in [4.69, 9.17) is 4.52 Å². The maximum atomic E-state index is 13.3. The van der Waals surface area contributed by atoms with E-state index in [1.807, 2.05) is 13.8 Å². The predicted octanol–water partition coefficient (Wildman–Crippen LogP) is 2.98. The van der Waals surface area contributed by atoms with Gasteiger partial charge < -0.3 is 14.5 Å². The zero-order valence-electron chi connectivity index (χ0n) is 18.2. The summed E-state index contributed by atoms with van der Waals surface area (Å²) >= 11 is 0. The van der Waals surface area contributed by atoms with Gasteiger partial charge in [-0.05, 0) is 39.3 Å². The molecule has 1 aliphatic rings. The zero-order chi connectivity index (χ0) is 23.2. The van der Waals surface area contributed by atoms with E-state index in [1.165, 1.54) is 17.2 Å². The van der Waals surface area contributed by atoms with Crippen LogP contribution in [-0.4, -0.2) is 48.4 Å². The molecule has 3 aromatic rings. The Morgan fingerprint density at radius 1 is 1.16 bits per heavy atom. The zero-order valence-corrected chi connectivity index (χ0v) is 18.2. The number of aromatic nitrogens is 3. The fraction of sp³-hybridized carbons (Fsp3) is 0.318. The third-order valence-electron chi connectivity index (χ3n) is 5.78. The summed E-state index contributed by atoms with van der Waals surface area (Å²) < 4.78 is 6.78. The van der Waals surface area contributed by atoms with E-state index < -0.39 is 23.4 Å². The Balaban J connectivity index is 1.62. The number of hydrogen-bond acceptors (Lipinski definition) is 6. The van der Waals surface area contributed by atoms with Crippen LogP contribution in [0.3, 0.4) is 0 Å². The SMILES string of the molecule is Cc1noc(C)c1Cn1cc(N2C(=O)N(Cc3ccccc3C(=O)O)C(C)(C)C2=O)cn1. The standard InChI is InChI=1S/C22H23N5O5/c1-13-18(14(2)32-24-13)12-25-11-16(9-23-25)27-20(30)22(3,4)26(21(27)31)10-15-7-5-6-8-17(15)19(28)29/h5-9,11H,10,12H2,1-4H3,(H,28,29). The molecule has 1 N–H and O–H groups in total. The van der Waals surface area contributed by atoms with Crippen molar-refractivity contribution in [1.82, 2.24) is 19.8 Å². The van der Waals surface area contributed by atoms with Gasteiger partial charge in [0, 0.05) is 18.3 Å². The molecule has 32 heavy (non-hydrogen) atoms. The lowest BCUT2D eigenvalue weighted by Crippen LogP contribution is -2.43. The topological polar surface area (TPSA) is 122 Å². The Bertz CT molecular complexity index is 1210. The minimum atomic E-state index is -1.16. The Kier molecular flexibility index (Phi) is 5.08. The summed E-state index contributed by atoms with van der Waals surface area (Å²) in [5.41, 5.74) is 1.35. The lowest BCUT2D eigenvalue weighted by Gasteiger charge is -2.28. The number of aromatic carboxylic acids is 1. The molecular weight excluding hydrogens is 414 g/mol. The molecule has 3 amide bonds. The number of hydrogen-bond donors (Lipinski definition) is 1. The molecular formula is C22H23N5O5. The molecule has 0 aliphatic carbocycles. The van der Waals surface area contributed by atoms with Crippen LogP contribution in [0.2, 0.25) is 0 Å². The summed E-state index contributed by atoms with van der Waals surface area (Å²) in [7, 11) is 0. The Hall–Kier alpha value is -3.95. The van der Waals surface area contributed by atoms with Crippen LogP contribution in [0.4, 0.5) is 10.5 Å². The molecule has 0 radical (unpaired) electrons. The van der Waals surface area contributed by atoms with Crippen LogP contribution < -0.4 is 4.90 Å². The van der Waals surface area contributed by atoms with Gasteiger partial charge in [0.25, 0.3) is 5.91 Å². The van der Waals surface area contributed by atoms with Crippen molar-refractivity contribution in [3.63, 3.8) is 0 Å². The summed E-state index contributed by atoms with van der Waals surface area (Å²) in [5, 5.41) is 17.7. The number of benzene rings is 1. The van der Waals surface area contributed by atoms with Crippen molar-refractivity contribution in [2.75, 3.05) is 4.90 Å². The minimum absolute atomic E-state index is 0.0102. The highest BCUT2D eigenvalue weighted by Crippen LogP contribution is 2.33. The molecule has 1 saturated heterocycles. The molecule has 2 aromatic heterocycles. The summed E-state index contributed by atoms with van der Waals surface area (Å²) in [4.78, 5) is 40.5. The van der Waals surface area contributed by atoms with Crippen LogP contribution in [-0.2, 0) is 17.9 Å². The number of nitrogens with zero attached hydrogens (tertiary/aromatic N) is 5. The van der Waals surface area contributed by atoms with E-state index in [2.05, 4.69) is 10.3 Å². The van der Waals surface area contributed by atoms with Crippen molar-refractivity contribution >= 4 is 23.6 Å². The first kappa shape index (κ1) is 21.3. The fourth-order valence-electron chi connectivity index (χ4n) is 3.81. The highest BCUT2D eigenvalue weighted by Gasteiger charge is 2.52. The molecule has 0 bridgehead atoms. The number of carboxylic acids is 1. The van der Waals surface area contributed by atoms with Crippen LogP contribution in [0, 0.1) is 13.8 Å². The van der Waals surface area contributed by atoms with Crippen molar-refractivity contribution < 1.29 is 24.0 Å². The van der Waals surface area contributed by atoms with Crippen molar-refractivity contribution in [3.05, 3.63) is 64.8 Å². The number of carboxylic acid groups (broad SMARTS) is 1. The van der Waals surface area contributed by atoms with Crippen LogP contribution in [0.1, 0.15) is 46.8 Å². The fourth-order valence-corrected chi connectivity index (χ4v) is 3.81. The molecule has 10 nitrogen and oxygen atoms in total. The number of carbonyl (C=O) groups excluding carboxylic acids is 2. The molecule has 0 unspecified atom stereocenters. The number of imide groups is 1. The van der Waals surface area contributed by atoms with Gasteiger partial charge in [-0.15, -0.1) is 0 Å². The maximum Gasteiger partial charge on any atom is 0.336 e. The van der Waals surface area contributed by atoms with Gasteiger partial charge in [0.2, 0.25) is 0 Å². The first-order chi connectivity index (χ1) is 15.1. The number of aryl methyl sites for hydroxylation is 2. The van der Waals surface area contributed by atoms with Gasteiger partial charge in [0.05, 0.1) is 29.7 Å². The minimum Gasteiger partial charge on any atom is -0.478 e. The lowest BCUT2D eigenvalue weighted by molar-refractivity contribution is -0.123. The molecule has 166 valence electrons. The third kappa shape index (κ3) is 3.43. The van der Waals surface area contributed by atoms with E-state index in [1.54, 1.807) is 42.9 Å². The molecule has 1 aromatic carbocycles. The molecule has 0 spiro atoms. The van der Waals surface area contributed by atoms with Crippen LogP contribution >= 0.6 is 0 Å². The second kappa shape index (κ2) is 7.63. The summed E-state index contributed by atoms with van der Waals surface area (Å²) in [6, 6.07) is 5.91. The first-order valence-electron chi connectivity index (χ1n) is 10.0. The number of amides is 3. The average Bonchev–Trinajstić information content (AvgIpc) is 3.37. The Labute approximate surface area is 184 Å². The molecule has 3 heterocycles. The summed E-state index contributed by atoms with van der Waals surface area (Å²) in [5.74, 6) is -0.821. The van der Waals surface area contributed by atoms with Crippen molar-refractivity contribution in [3.8, 4) is 0 Å². The molecule has 4 rings (SSSR count). The third-order valence-corrected chi connectivity index (χ3v) is 5.78. The van der Waals surface area contributed by atoms with E-state index in [0.29, 0.717) is 23.6 Å². The van der Waals surface area contributed by atoms with Crippen LogP contribution in [0.25, 0.3) is 0 Å². The smallest absolute Gasteiger partial charge is 0.336 e. The van der Waals surface area contributed by atoms with E-state index >= 15 is 0 Å². The monoisotopic (exact) mass is 437 g/mol. The van der Waals surface area contributed by atoms with Crippen molar-refractivity contribution in [2.45, 2.75) is 46.3 Å². The average molecular weight is 437 g/mol. The molecule has 0 saturated carbocycles. The Morgan fingerprint density at radius 2 is 1.88 bits per heavy atom. The predicted molar refractivity (Wildman–Crippen MR) is 113 cm³/mol. The van der Waals surface area contributed by atoms with Gasteiger partial charge in [0.15, 0.2) is 0 Å². The lowest BCUT2D eigenvalue weighted by atomic mass is 10.0. The van der Waals surface area contributed by atoms with Gasteiger partial charge >= 0.3 is 12.0 Å². The van der Waals surface area contributed by atoms with Gasteiger partial charge in [-0.3, -0.25) is 9.48 Å². The normalized spacial score (nSPS) is 15.6. The number of carbonyl (C=O) groups is 3. The maximum absolute atomic E-state index is 13.3.